The molecule has 9 nitrogen and oxygen atoms in total. The van der Waals surface area contributed by atoms with Crippen molar-refractivity contribution in [1.29, 1.82) is 0 Å². The summed E-state index contributed by atoms with van der Waals surface area (Å²) in [6.45, 7) is 0.101. The van der Waals surface area contributed by atoms with Gasteiger partial charge in [-0.05, 0) is 6.42 Å². The van der Waals surface area contributed by atoms with Crippen molar-refractivity contribution in [2.45, 2.75) is 115 Å². The molecule has 0 spiro atoms. The number of phosphoric ester groups is 1. The SMILES string of the molecule is CCCCCCCCCCCCCCCCC(=O)OCC(O)COP(=O)(O)OCC(O)CO. The minimum Gasteiger partial charge on any atom is -0.463 e. The number of hydrogen-bond acceptors (Lipinski definition) is 8. The highest BCUT2D eigenvalue weighted by Crippen LogP contribution is 2.43. The molecule has 0 aromatic heterocycles. The Morgan fingerprint density at radius 3 is 1.61 bits per heavy atom. The van der Waals surface area contributed by atoms with Gasteiger partial charge in [0.25, 0.3) is 0 Å². The van der Waals surface area contributed by atoms with Gasteiger partial charge in [-0.3, -0.25) is 13.8 Å². The normalized spacial score (nSPS) is 15.2. The third-order valence-corrected chi connectivity index (χ3v) is 6.19. The number of hydrogen-bond donors (Lipinski definition) is 4. The lowest BCUT2D eigenvalue weighted by atomic mass is 10.0. The smallest absolute Gasteiger partial charge is 0.463 e. The van der Waals surface area contributed by atoms with E-state index in [2.05, 4.69) is 16.0 Å². The van der Waals surface area contributed by atoms with Crippen molar-refractivity contribution in [1.82, 2.24) is 0 Å². The fourth-order valence-corrected chi connectivity index (χ4v) is 4.02. The van der Waals surface area contributed by atoms with Crippen molar-refractivity contribution in [3.63, 3.8) is 0 Å². The van der Waals surface area contributed by atoms with Crippen LogP contribution in [0.25, 0.3) is 0 Å². The summed E-state index contributed by atoms with van der Waals surface area (Å²) in [6, 6.07) is 0. The zero-order chi connectivity index (χ0) is 24.8. The molecule has 0 amide bonds. The van der Waals surface area contributed by atoms with Crippen LogP contribution in [0.2, 0.25) is 0 Å². The van der Waals surface area contributed by atoms with Crippen molar-refractivity contribution in [3.05, 3.63) is 0 Å². The molecule has 0 rings (SSSR count). The molecule has 0 aliphatic carbocycles. The van der Waals surface area contributed by atoms with Crippen LogP contribution in [0.3, 0.4) is 0 Å². The summed E-state index contributed by atoms with van der Waals surface area (Å²) in [4.78, 5) is 21.1. The first-order chi connectivity index (χ1) is 15.8. The third kappa shape index (κ3) is 23.0. The average molecular weight is 499 g/mol. The Bertz CT molecular complexity index is 504. The number of aliphatic hydroxyl groups excluding tert-OH is 3. The largest absolute Gasteiger partial charge is 0.472 e. The monoisotopic (exact) mass is 498 g/mol. The van der Waals surface area contributed by atoms with E-state index < -0.39 is 45.8 Å². The molecule has 3 atom stereocenters. The van der Waals surface area contributed by atoms with Crippen LogP contribution in [0, 0.1) is 0 Å². The maximum Gasteiger partial charge on any atom is 0.472 e. The summed E-state index contributed by atoms with van der Waals surface area (Å²) < 4.78 is 25.5. The molecule has 0 aromatic rings. The molecule has 0 radical (unpaired) electrons. The summed E-state index contributed by atoms with van der Waals surface area (Å²) in [5.41, 5.74) is 0. The minimum absolute atomic E-state index is 0.270. The molecule has 0 bridgehead atoms. The second kappa shape index (κ2) is 22.0. The molecule has 33 heavy (non-hydrogen) atoms. The maximum absolute atomic E-state index is 11.7. The van der Waals surface area contributed by atoms with E-state index >= 15 is 0 Å². The van der Waals surface area contributed by atoms with Gasteiger partial charge in [-0.25, -0.2) is 4.57 Å². The topological polar surface area (TPSA) is 143 Å². The summed E-state index contributed by atoms with van der Waals surface area (Å²) in [6.07, 6.45) is 15.0. The van der Waals surface area contributed by atoms with Crippen molar-refractivity contribution in [3.8, 4) is 0 Å². The van der Waals surface area contributed by atoms with Gasteiger partial charge in [-0.15, -0.1) is 0 Å². The van der Waals surface area contributed by atoms with Gasteiger partial charge in [0.15, 0.2) is 0 Å². The fraction of sp³-hybridized carbons (Fsp3) is 0.957. The number of phosphoric acid groups is 1. The number of aliphatic hydroxyl groups is 3. The molecule has 0 aliphatic rings. The molecule has 0 aliphatic heterocycles. The highest BCUT2D eigenvalue weighted by Gasteiger charge is 2.24. The average Bonchev–Trinajstić information content (AvgIpc) is 2.80. The highest BCUT2D eigenvalue weighted by atomic mass is 31.2. The summed E-state index contributed by atoms with van der Waals surface area (Å²) >= 11 is 0. The highest BCUT2D eigenvalue weighted by molar-refractivity contribution is 7.47. The van der Waals surface area contributed by atoms with Crippen LogP contribution in [0.5, 0.6) is 0 Å². The number of ether oxygens (including phenoxy) is 1. The lowest BCUT2D eigenvalue weighted by Crippen LogP contribution is -2.24. The molecule has 10 heteroatoms. The van der Waals surface area contributed by atoms with Crippen LogP contribution in [-0.4, -0.2) is 64.8 Å². The Morgan fingerprint density at radius 1 is 0.727 bits per heavy atom. The van der Waals surface area contributed by atoms with Gasteiger partial charge in [0, 0.05) is 6.42 Å². The number of esters is 1. The van der Waals surface area contributed by atoms with E-state index in [1.54, 1.807) is 0 Å². The molecular weight excluding hydrogens is 451 g/mol. The third-order valence-electron chi connectivity index (χ3n) is 5.24. The van der Waals surface area contributed by atoms with E-state index in [4.69, 9.17) is 14.9 Å². The van der Waals surface area contributed by atoms with Gasteiger partial charge >= 0.3 is 13.8 Å². The number of carbonyl (C=O) groups excluding carboxylic acids is 1. The minimum atomic E-state index is -4.48. The predicted molar refractivity (Wildman–Crippen MR) is 127 cm³/mol. The van der Waals surface area contributed by atoms with Crippen molar-refractivity contribution in [2.75, 3.05) is 26.4 Å². The van der Waals surface area contributed by atoms with Crippen LogP contribution in [0.1, 0.15) is 103 Å². The van der Waals surface area contributed by atoms with Crippen molar-refractivity contribution >= 4 is 13.8 Å². The van der Waals surface area contributed by atoms with Crippen LogP contribution >= 0.6 is 7.82 Å². The molecule has 0 saturated carbocycles. The quantitative estimate of drug-likeness (QED) is 0.0872. The predicted octanol–water partition coefficient (Wildman–Crippen LogP) is 4.25. The molecule has 4 N–H and O–H groups in total. The standard InChI is InChI=1S/C23H47O9P/c1-2-3-4-5-6-7-8-9-10-11-12-13-14-15-16-23(27)30-18-22(26)20-32-33(28,29)31-19-21(25)17-24/h21-22,24-26H,2-20H2,1H3,(H,28,29). The van der Waals surface area contributed by atoms with Gasteiger partial charge in [0.05, 0.1) is 19.8 Å². The first-order valence-electron chi connectivity index (χ1n) is 12.5. The molecule has 0 fully saturated rings. The molecule has 0 aromatic carbocycles. The van der Waals surface area contributed by atoms with Crippen LogP contribution in [-0.2, 0) is 23.1 Å². The maximum atomic E-state index is 11.7. The number of carbonyl (C=O) groups is 1. The number of unbranched alkanes of at least 4 members (excludes halogenated alkanes) is 13. The Balaban J connectivity index is 3.52. The lowest BCUT2D eigenvalue weighted by Gasteiger charge is -2.16. The van der Waals surface area contributed by atoms with Gasteiger partial charge in [-0.1, -0.05) is 90.4 Å². The van der Waals surface area contributed by atoms with Gasteiger partial charge in [-0.2, -0.15) is 0 Å². The van der Waals surface area contributed by atoms with Crippen molar-refractivity contribution in [2.24, 2.45) is 0 Å². The molecule has 3 unspecified atom stereocenters. The van der Waals surface area contributed by atoms with E-state index in [1.807, 2.05) is 0 Å². The first-order valence-corrected chi connectivity index (χ1v) is 14.0. The second-order valence-corrected chi connectivity index (χ2v) is 10.0. The van der Waals surface area contributed by atoms with Crippen molar-refractivity contribution < 1.29 is 43.4 Å². The zero-order valence-electron chi connectivity index (χ0n) is 20.4. The Morgan fingerprint density at radius 2 is 1.15 bits per heavy atom. The summed E-state index contributed by atoms with van der Waals surface area (Å²) in [5.74, 6) is -0.428. The van der Waals surface area contributed by atoms with Crippen LogP contribution in [0.15, 0.2) is 0 Å². The van der Waals surface area contributed by atoms with E-state index in [0.717, 1.165) is 19.3 Å². The molecular formula is C23H47O9P. The van der Waals surface area contributed by atoms with E-state index in [-0.39, 0.29) is 13.0 Å². The Labute approximate surface area is 199 Å². The Kier molecular flexibility index (Phi) is 21.6. The second-order valence-electron chi connectivity index (χ2n) is 8.58. The molecule has 198 valence electrons. The van der Waals surface area contributed by atoms with Crippen LogP contribution < -0.4 is 0 Å². The van der Waals surface area contributed by atoms with E-state index in [0.29, 0.717) is 0 Å². The summed E-state index contributed by atoms with van der Waals surface area (Å²) in [5, 5.41) is 27.4. The lowest BCUT2D eigenvalue weighted by molar-refractivity contribution is -0.147. The fourth-order valence-electron chi connectivity index (χ4n) is 3.22. The van der Waals surface area contributed by atoms with Gasteiger partial charge in [0.2, 0.25) is 0 Å². The first kappa shape index (κ1) is 32.5. The molecule has 0 heterocycles. The zero-order valence-corrected chi connectivity index (χ0v) is 21.3. The molecule has 0 saturated heterocycles. The Hall–Kier alpha value is -0.540. The van der Waals surface area contributed by atoms with E-state index in [1.165, 1.54) is 70.6 Å². The van der Waals surface area contributed by atoms with E-state index in [9.17, 15) is 19.4 Å². The van der Waals surface area contributed by atoms with Crippen LogP contribution in [0.4, 0.5) is 0 Å². The van der Waals surface area contributed by atoms with Gasteiger partial charge in [0.1, 0.15) is 18.8 Å². The van der Waals surface area contributed by atoms with Gasteiger partial charge < -0.3 is 24.9 Å². The summed E-state index contributed by atoms with van der Waals surface area (Å²) in [7, 11) is -4.48. The number of rotatable bonds is 24.